The van der Waals surface area contributed by atoms with Gasteiger partial charge in [0, 0.05) is 38.8 Å². The summed E-state index contributed by atoms with van der Waals surface area (Å²) in [6.07, 6.45) is 0. The summed E-state index contributed by atoms with van der Waals surface area (Å²) in [5.74, 6) is 1.69. The first-order valence-corrected chi connectivity index (χ1v) is 10.7. The molecule has 0 radical (unpaired) electrons. The van der Waals surface area contributed by atoms with E-state index >= 15 is 0 Å². The van der Waals surface area contributed by atoms with Gasteiger partial charge in [-0.05, 0) is 25.5 Å². The lowest BCUT2D eigenvalue weighted by molar-refractivity contribution is 0.0170. The van der Waals surface area contributed by atoms with Crippen LogP contribution in [-0.2, 0) is 11.3 Å². The highest BCUT2D eigenvalue weighted by atomic mass is 127. The first kappa shape index (κ1) is 25.4. The topological polar surface area (TPSA) is 58.1 Å². The molecule has 170 valence electrons. The molecule has 31 heavy (non-hydrogen) atoms. The molecule has 2 aromatic carbocycles. The Morgan fingerprint density at radius 2 is 1.81 bits per heavy atom. The number of para-hydroxylation sites is 1. The molecule has 1 aliphatic rings. The summed E-state index contributed by atoms with van der Waals surface area (Å²) in [5, 5.41) is 6.94. The van der Waals surface area contributed by atoms with Crippen molar-refractivity contribution in [1.82, 2.24) is 15.5 Å². The van der Waals surface area contributed by atoms with Crippen LogP contribution in [-0.4, -0.2) is 57.4 Å². The first-order valence-electron chi connectivity index (χ1n) is 10.7. The van der Waals surface area contributed by atoms with Crippen molar-refractivity contribution in [3.63, 3.8) is 0 Å². The van der Waals surface area contributed by atoms with E-state index in [9.17, 15) is 0 Å². The lowest BCUT2D eigenvalue weighted by Crippen LogP contribution is -2.46. The van der Waals surface area contributed by atoms with Crippen molar-refractivity contribution in [3.05, 3.63) is 65.2 Å². The largest absolute Gasteiger partial charge is 0.494 e. The highest BCUT2D eigenvalue weighted by Gasteiger charge is 2.23. The van der Waals surface area contributed by atoms with E-state index in [-0.39, 0.29) is 30.0 Å². The summed E-state index contributed by atoms with van der Waals surface area (Å²) in [6.45, 7) is 9.65. The second kappa shape index (κ2) is 13.5. The zero-order valence-corrected chi connectivity index (χ0v) is 21.1. The van der Waals surface area contributed by atoms with Crippen LogP contribution < -0.4 is 15.4 Å². The third-order valence-electron chi connectivity index (χ3n) is 5.35. The third-order valence-corrected chi connectivity index (χ3v) is 5.35. The molecule has 0 amide bonds. The number of rotatable bonds is 8. The minimum absolute atomic E-state index is 0. The van der Waals surface area contributed by atoms with Gasteiger partial charge in [-0.1, -0.05) is 48.0 Å². The number of guanidine groups is 1. The average molecular weight is 538 g/mol. The van der Waals surface area contributed by atoms with Gasteiger partial charge in [0.15, 0.2) is 5.96 Å². The van der Waals surface area contributed by atoms with Crippen LogP contribution in [0.5, 0.6) is 5.75 Å². The number of ether oxygens (including phenoxy) is 2. The van der Waals surface area contributed by atoms with Crippen molar-refractivity contribution < 1.29 is 9.47 Å². The van der Waals surface area contributed by atoms with Gasteiger partial charge in [-0.25, -0.2) is 0 Å². The minimum atomic E-state index is 0. The fraction of sp³-hybridized carbons (Fsp3) is 0.458. The molecule has 6 nitrogen and oxygen atoms in total. The Morgan fingerprint density at radius 3 is 2.48 bits per heavy atom. The molecule has 1 atom stereocenters. The fourth-order valence-electron chi connectivity index (χ4n) is 3.67. The molecule has 0 aliphatic carbocycles. The van der Waals surface area contributed by atoms with E-state index in [0.29, 0.717) is 13.2 Å². The molecule has 2 N–H and O–H groups in total. The standard InChI is InChI=1S/C24H34N4O2.HI/c1-4-30-23-8-6-5-7-21(23)17-26-24(25-3)27-18-22(28-13-15-29-16-14-28)20-11-9-19(2)10-12-20;/h5-12,22H,4,13-18H2,1-3H3,(H2,25,26,27);1H. The predicted molar refractivity (Wildman–Crippen MR) is 138 cm³/mol. The molecule has 1 aliphatic heterocycles. The van der Waals surface area contributed by atoms with Crippen LogP contribution in [0.25, 0.3) is 0 Å². The molecule has 0 saturated carbocycles. The van der Waals surface area contributed by atoms with E-state index in [1.54, 1.807) is 7.05 Å². The molecular formula is C24H35IN4O2. The van der Waals surface area contributed by atoms with Crippen LogP contribution in [0, 0.1) is 6.92 Å². The normalized spacial score (nSPS) is 15.6. The summed E-state index contributed by atoms with van der Waals surface area (Å²) in [6, 6.07) is 17.2. The molecular weight excluding hydrogens is 503 g/mol. The van der Waals surface area contributed by atoms with Crippen molar-refractivity contribution >= 4 is 29.9 Å². The van der Waals surface area contributed by atoms with Crippen LogP contribution in [0.3, 0.4) is 0 Å². The van der Waals surface area contributed by atoms with Gasteiger partial charge in [-0.15, -0.1) is 24.0 Å². The number of nitrogens with one attached hydrogen (secondary N) is 2. The molecule has 1 saturated heterocycles. The smallest absolute Gasteiger partial charge is 0.191 e. The highest BCUT2D eigenvalue weighted by molar-refractivity contribution is 14.0. The van der Waals surface area contributed by atoms with Crippen LogP contribution in [0.15, 0.2) is 53.5 Å². The van der Waals surface area contributed by atoms with Crippen LogP contribution in [0.1, 0.15) is 29.7 Å². The highest BCUT2D eigenvalue weighted by Crippen LogP contribution is 2.22. The number of nitrogens with zero attached hydrogens (tertiary/aromatic N) is 2. The summed E-state index contributed by atoms with van der Waals surface area (Å²) in [5.41, 5.74) is 3.70. The Hall–Kier alpha value is -1.84. The molecule has 0 bridgehead atoms. The van der Waals surface area contributed by atoms with Crippen LogP contribution >= 0.6 is 24.0 Å². The summed E-state index contributed by atoms with van der Waals surface area (Å²) < 4.78 is 11.3. The molecule has 3 rings (SSSR count). The molecule has 2 aromatic rings. The lowest BCUT2D eigenvalue weighted by Gasteiger charge is -2.35. The van der Waals surface area contributed by atoms with Crippen LogP contribution in [0.4, 0.5) is 0 Å². The van der Waals surface area contributed by atoms with Crippen molar-refractivity contribution in [2.24, 2.45) is 4.99 Å². The van der Waals surface area contributed by atoms with Crippen molar-refractivity contribution in [1.29, 1.82) is 0 Å². The van der Waals surface area contributed by atoms with Gasteiger partial charge in [0.1, 0.15) is 5.75 Å². The van der Waals surface area contributed by atoms with Crippen molar-refractivity contribution in [2.75, 3.05) is 46.5 Å². The molecule has 0 spiro atoms. The number of benzene rings is 2. The predicted octanol–water partition coefficient (Wildman–Crippen LogP) is 3.75. The quantitative estimate of drug-likeness (QED) is 0.305. The second-order valence-electron chi connectivity index (χ2n) is 7.42. The van der Waals surface area contributed by atoms with Crippen molar-refractivity contribution in [2.45, 2.75) is 26.4 Å². The maximum absolute atomic E-state index is 5.73. The fourth-order valence-corrected chi connectivity index (χ4v) is 3.67. The van der Waals surface area contributed by atoms with Gasteiger partial charge in [0.25, 0.3) is 0 Å². The average Bonchev–Trinajstić information content (AvgIpc) is 2.79. The molecule has 1 unspecified atom stereocenters. The van der Waals surface area contributed by atoms with Gasteiger partial charge < -0.3 is 20.1 Å². The Bertz CT molecular complexity index is 807. The van der Waals surface area contributed by atoms with Crippen LogP contribution in [0.2, 0.25) is 0 Å². The molecule has 7 heteroatoms. The number of hydrogen-bond acceptors (Lipinski definition) is 4. The first-order chi connectivity index (χ1) is 14.7. The number of morpholine rings is 1. The Balaban J connectivity index is 0.00000341. The summed E-state index contributed by atoms with van der Waals surface area (Å²) in [4.78, 5) is 6.90. The third kappa shape index (κ3) is 7.66. The van der Waals surface area contributed by atoms with E-state index in [4.69, 9.17) is 9.47 Å². The maximum atomic E-state index is 5.73. The van der Waals surface area contributed by atoms with E-state index in [0.717, 1.165) is 50.1 Å². The monoisotopic (exact) mass is 538 g/mol. The molecule has 1 fully saturated rings. The Kier molecular flexibility index (Phi) is 11.1. The van der Waals surface area contributed by atoms with E-state index in [1.165, 1.54) is 11.1 Å². The molecule has 0 aromatic heterocycles. The maximum Gasteiger partial charge on any atom is 0.191 e. The Labute approximate surface area is 203 Å². The van der Waals surface area contributed by atoms with Gasteiger partial charge in [0.05, 0.1) is 25.9 Å². The molecule has 1 heterocycles. The minimum Gasteiger partial charge on any atom is -0.494 e. The zero-order valence-electron chi connectivity index (χ0n) is 18.8. The van der Waals surface area contributed by atoms with Gasteiger partial charge >= 0.3 is 0 Å². The number of halogens is 1. The number of hydrogen-bond donors (Lipinski definition) is 2. The lowest BCUT2D eigenvalue weighted by atomic mass is 10.0. The second-order valence-corrected chi connectivity index (χ2v) is 7.42. The summed E-state index contributed by atoms with van der Waals surface area (Å²) >= 11 is 0. The van der Waals surface area contributed by atoms with Gasteiger partial charge in [-0.3, -0.25) is 9.89 Å². The van der Waals surface area contributed by atoms with Gasteiger partial charge in [-0.2, -0.15) is 0 Å². The zero-order chi connectivity index (χ0) is 21.2. The van der Waals surface area contributed by atoms with E-state index in [2.05, 4.69) is 57.8 Å². The van der Waals surface area contributed by atoms with E-state index < -0.39 is 0 Å². The van der Waals surface area contributed by atoms with Gasteiger partial charge in [0.2, 0.25) is 0 Å². The van der Waals surface area contributed by atoms with E-state index in [1.807, 2.05) is 25.1 Å². The Morgan fingerprint density at radius 1 is 1.10 bits per heavy atom. The number of aliphatic imine (C=N–C) groups is 1. The SMILES string of the molecule is CCOc1ccccc1CNC(=NC)NCC(c1ccc(C)cc1)N1CCOCC1.I. The number of aryl methyl sites for hydroxylation is 1. The van der Waals surface area contributed by atoms with Crippen molar-refractivity contribution in [3.8, 4) is 5.75 Å². The summed E-state index contributed by atoms with van der Waals surface area (Å²) in [7, 11) is 1.80.